The molecule has 0 unspecified atom stereocenters. The number of benzene rings is 2. The first kappa shape index (κ1) is 19.6. The lowest BCUT2D eigenvalue weighted by Gasteiger charge is -2.09. The summed E-state index contributed by atoms with van der Waals surface area (Å²) in [5.74, 6) is -1.64. The lowest BCUT2D eigenvalue weighted by Crippen LogP contribution is -2.43. The van der Waals surface area contributed by atoms with E-state index in [9.17, 15) is 19.2 Å². The van der Waals surface area contributed by atoms with Gasteiger partial charge in [-0.2, -0.15) is 0 Å². The van der Waals surface area contributed by atoms with Crippen LogP contribution in [0, 0.1) is 0 Å². The van der Waals surface area contributed by atoms with Crippen LogP contribution in [0.15, 0.2) is 54.6 Å². The van der Waals surface area contributed by atoms with Gasteiger partial charge in [-0.1, -0.05) is 18.2 Å². The van der Waals surface area contributed by atoms with Gasteiger partial charge in [0.15, 0.2) is 19.0 Å². The van der Waals surface area contributed by atoms with Crippen LogP contribution in [0.4, 0.5) is 0 Å². The van der Waals surface area contributed by atoms with Crippen molar-refractivity contribution in [1.29, 1.82) is 0 Å². The molecular weight excluding hydrogens is 352 g/mol. The highest BCUT2D eigenvalue weighted by Gasteiger charge is 2.10. The molecule has 0 fully saturated rings. The molecule has 8 nitrogen and oxygen atoms in total. The standard InChI is InChI=1S/C19H18N2O6/c1-13(22)14-7-9-16(10-8-14)26-12-18(24)27-11-17(23)20-21-19(25)15-5-3-2-4-6-15/h2-10H,11-12H2,1H3,(H,20,23)(H,21,25). The summed E-state index contributed by atoms with van der Waals surface area (Å²) in [6.45, 7) is 0.476. The molecule has 0 heterocycles. The lowest BCUT2D eigenvalue weighted by molar-refractivity contribution is -0.150. The Hall–Kier alpha value is -3.68. The van der Waals surface area contributed by atoms with E-state index in [0.717, 1.165) is 0 Å². The zero-order chi connectivity index (χ0) is 19.6. The number of esters is 1. The minimum absolute atomic E-state index is 0.0775. The largest absolute Gasteiger partial charge is 0.482 e. The second-order valence-corrected chi connectivity index (χ2v) is 5.40. The molecule has 0 radical (unpaired) electrons. The minimum Gasteiger partial charge on any atom is -0.482 e. The lowest BCUT2D eigenvalue weighted by atomic mass is 10.1. The van der Waals surface area contributed by atoms with Crippen molar-refractivity contribution < 1.29 is 28.7 Å². The van der Waals surface area contributed by atoms with E-state index < -0.39 is 31.0 Å². The Bertz CT molecular complexity index is 818. The van der Waals surface area contributed by atoms with Gasteiger partial charge in [0.05, 0.1) is 0 Å². The first-order valence-corrected chi connectivity index (χ1v) is 7.99. The number of carbonyl (C=O) groups is 4. The molecule has 0 aliphatic rings. The first-order chi connectivity index (χ1) is 13.0. The molecule has 0 aliphatic carbocycles. The fraction of sp³-hybridized carbons (Fsp3) is 0.158. The zero-order valence-electron chi connectivity index (χ0n) is 14.6. The van der Waals surface area contributed by atoms with Crippen molar-refractivity contribution in [3.05, 3.63) is 65.7 Å². The van der Waals surface area contributed by atoms with E-state index in [0.29, 0.717) is 16.9 Å². The molecule has 0 atom stereocenters. The van der Waals surface area contributed by atoms with Gasteiger partial charge in [0.1, 0.15) is 5.75 Å². The van der Waals surface area contributed by atoms with E-state index in [1.807, 2.05) is 0 Å². The molecule has 2 aromatic carbocycles. The van der Waals surface area contributed by atoms with E-state index in [2.05, 4.69) is 10.9 Å². The van der Waals surface area contributed by atoms with E-state index in [4.69, 9.17) is 9.47 Å². The molecule has 0 aromatic heterocycles. The molecule has 2 rings (SSSR count). The zero-order valence-corrected chi connectivity index (χ0v) is 14.6. The molecule has 0 bridgehead atoms. The van der Waals surface area contributed by atoms with Crippen LogP contribution in [0.3, 0.4) is 0 Å². The number of carbonyl (C=O) groups excluding carboxylic acids is 4. The van der Waals surface area contributed by atoms with E-state index in [-0.39, 0.29) is 5.78 Å². The third-order valence-electron chi connectivity index (χ3n) is 3.33. The van der Waals surface area contributed by atoms with Gasteiger partial charge in [-0.05, 0) is 43.3 Å². The molecule has 2 N–H and O–H groups in total. The summed E-state index contributed by atoms with van der Waals surface area (Å²) in [6.07, 6.45) is 0. The van der Waals surface area contributed by atoms with Crippen molar-refractivity contribution in [3.63, 3.8) is 0 Å². The number of ketones is 1. The van der Waals surface area contributed by atoms with Crippen LogP contribution in [0.2, 0.25) is 0 Å². The van der Waals surface area contributed by atoms with Crippen molar-refractivity contribution in [1.82, 2.24) is 10.9 Å². The van der Waals surface area contributed by atoms with Gasteiger partial charge in [0.25, 0.3) is 11.8 Å². The third kappa shape index (κ3) is 6.62. The Morgan fingerprint density at radius 3 is 2.11 bits per heavy atom. The smallest absolute Gasteiger partial charge is 0.344 e. The predicted octanol–water partition coefficient (Wildman–Crippen LogP) is 1.27. The Kier molecular flexibility index (Phi) is 7.07. The number of rotatable bonds is 7. The highest BCUT2D eigenvalue weighted by atomic mass is 16.6. The van der Waals surface area contributed by atoms with E-state index >= 15 is 0 Å². The molecule has 0 spiro atoms. The van der Waals surface area contributed by atoms with Gasteiger partial charge in [-0.15, -0.1) is 0 Å². The Morgan fingerprint density at radius 1 is 0.815 bits per heavy atom. The minimum atomic E-state index is -0.754. The number of nitrogens with one attached hydrogen (secondary N) is 2. The van der Waals surface area contributed by atoms with Crippen LogP contribution in [-0.4, -0.2) is 36.8 Å². The molecule has 0 saturated carbocycles. The second-order valence-electron chi connectivity index (χ2n) is 5.40. The van der Waals surface area contributed by atoms with Crippen molar-refractivity contribution in [2.45, 2.75) is 6.92 Å². The average molecular weight is 370 g/mol. The Labute approximate surface area is 155 Å². The second kappa shape index (κ2) is 9.71. The highest BCUT2D eigenvalue weighted by molar-refractivity contribution is 5.95. The van der Waals surface area contributed by atoms with Gasteiger partial charge < -0.3 is 9.47 Å². The Morgan fingerprint density at radius 2 is 1.48 bits per heavy atom. The van der Waals surface area contributed by atoms with Gasteiger partial charge >= 0.3 is 5.97 Å². The maximum Gasteiger partial charge on any atom is 0.344 e. The summed E-state index contributed by atoms with van der Waals surface area (Å²) in [5.41, 5.74) is 5.25. The molecule has 0 saturated heterocycles. The molecule has 140 valence electrons. The summed E-state index contributed by atoms with van der Waals surface area (Å²) < 4.78 is 9.95. The number of hydrogen-bond acceptors (Lipinski definition) is 6. The Balaban J connectivity index is 1.66. The van der Waals surface area contributed by atoms with Crippen molar-refractivity contribution in [2.75, 3.05) is 13.2 Å². The number of amides is 2. The quantitative estimate of drug-likeness (QED) is 0.431. The van der Waals surface area contributed by atoms with Crippen molar-refractivity contribution >= 4 is 23.6 Å². The van der Waals surface area contributed by atoms with E-state index in [1.54, 1.807) is 54.6 Å². The summed E-state index contributed by atoms with van der Waals surface area (Å²) in [4.78, 5) is 46.1. The van der Waals surface area contributed by atoms with Crippen LogP contribution in [-0.2, 0) is 14.3 Å². The maximum atomic E-state index is 11.7. The summed E-state index contributed by atoms with van der Waals surface area (Å²) in [6, 6.07) is 14.6. The van der Waals surface area contributed by atoms with Crippen LogP contribution in [0.25, 0.3) is 0 Å². The van der Waals surface area contributed by atoms with Crippen LogP contribution >= 0.6 is 0 Å². The normalized spacial score (nSPS) is 9.81. The monoisotopic (exact) mass is 370 g/mol. The fourth-order valence-electron chi connectivity index (χ4n) is 1.94. The third-order valence-corrected chi connectivity index (χ3v) is 3.33. The number of hydrazine groups is 1. The van der Waals surface area contributed by atoms with Gasteiger partial charge in [0, 0.05) is 11.1 Å². The maximum absolute atomic E-state index is 11.7. The van der Waals surface area contributed by atoms with Gasteiger partial charge in [-0.25, -0.2) is 4.79 Å². The SMILES string of the molecule is CC(=O)c1ccc(OCC(=O)OCC(=O)NNC(=O)c2ccccc2)cc1. The molecule has 2 amide bonds. The van der Waals surface area contributed by atoms with E-state index in [1.165, 1.54) is 6.92 Å². The number of Topliss-reactive ketones (excluding diaryl/α,β-unsaturated/α-hetero) is 1. The fourth-order valence-corrected chi connectivity index (χ4v) is 1.94. The topological polar surface area (TPSA) is 111 Å². The summed E-state index contributed by atoms with van der Waals surface area (Å²) >= 11 is 0. The summed E-state index contributed by atoms with van der Waals surface area (Å²) in [5, 5.41) is 0. The molecule has 8 heteroatoms. The summed E-state index contributed by atoms with van der Waals surface area (Å²) in [7, 11) is 0. The van der Waals surface area contributed by atoms with Gasteiger partial charge in [0.2, 0.25) is 0 Å². The molecule has 27 heavy (non-hydrogen) atoms. The molecular formula is C19H18N2O6. The average Bonchev–Trinajstić information content (AvgIpc) is 2.69. The van der Waals surface area contributed by atoms with Crippen LogP contribution in [0.1, 0.15) is 27.6 Å². The molecule has 0 aliphatic heterocycles. The molecule has 2 aromatic rings. The highest BCUT2D eigenvalue weighted by Crippen LogP contribution is 2.12. The number of hydrogen-bond donors (Lipinski definition) is 2. The number of ether oxygens (including phenoxy) is 2. The van der Waals surface area contributed by atoms with Crippen LogP contribution < -0.4 is 15.6 Å². The first-order valence-electron chi connectivity index (χ1n) is 7.99. The van der Waals surface area contributed by atoms with Crippen molar-refractivity contribution in [2.24, 2.45) is 0 Å². The van der Waals surface area contributed by atoms with Crippen LogP contribution in [0.5, 0.6) is 5.75 Å². The predicted molar refractivity (Wildman–Crippen MR) is 95.0 cm³/mol. The van der Waals surface area contributed by atoms with Gasteiger partial charge in [-0.3, -0.25) is 25.2 Å². The van der Waals surface area contributed by atoms with Crippen molar-refractivity contribution in [3.8, 4) is 5.75 Å².